The molecule has 0 aromatic heterocycles. The number of hydrogen-bond donors (Lipinski definition) is 4. The van der Waals surface area contributed by atoms with Gasteiger partial charge in [0.05, 0.1) is 0 Å². The standard InChI is InChI=1S/C9H17N3O4/c1-6(12-9(10)16)8(15)11-5-3-2-4-7(13)14/h6H,2-5H2,1H3,(H,11,15)(H,13,14)(H3,10,12,16). The van der Waals surface area contributed by atoms with Crippen LogP contribution in [-0.2, 0) is 9.59 Å². The molecule has 0 spiro atoms. The first-order valence-electron chi connectivity index (χ1n) is 4.99. The minimum absolute atomic E-state index is 0.0883. The Hall–Kier alpha value is -1.79. The molecule has 0 aliphatic rings. The number of carboxylic acid groups (broad SMARTS) is 1. The van der Waals surface area contributed by atoms with Crippen LogP contribution in [0.5, 0.6) is 0 Å². The molecule has 0 bridgehead atoms. The molecule has 0 aliphatic heterocycles. The summed E-state index contributed by atoms with van der Waals surface area (Å²) in [4.78, 5) is 31.9. The third-order valence-electron chi connectivity index (χ3n) is 1.87. The van der Waals surface area contributed by atoms with E-state index in [2.05, 4.69) is 10.6 Å². The molecule has 3 amide bonds. The summed E-state index contributed by atoms with van der Waals surface area (Å²) in [6, 6.07) is -1.44. The summed E-state index contributed by atoms with van der Waals surface area (Å²) in [7, 11) is 0. The maximum absolute atomic E-state index is 11.3. The van der Waals surface area contributed by atoms with Crippen LogP contribution in [0.2, 0.25) is 0 Å². The Labute approximate surface area is 93.4 Å². The molecule has 0 saturated carbocycles. The minimum Gasteiger partial charge on any atom is -0.481 e. The van der Waals surface area contributed by atoms with Gasteiger partial charge in [-0.25, -0.2) is 4.79 Å². The first-order valence-corrected chi connectivity index (χ1v) is 4.99. The number of aliphatic carboxylic acids is 1. The maximum atomic E-state index is 11.3. The van der Waals surface area contributed by atoms with Gasteiger partial charge in [-0.2, -0.15) is 0 Å². The van der Waals surface area contributed by atoms with Crippen molar-refractivity contribution in [3.63, 3.8) is 0 Å². The second kappa shape index (κ2) is 7.49. The maximum Gasteiger partial charge on any atom is 0.312 e. The number of unbranched alkanes of at least 4 members (excludes halogenated alkanes) is 1. The summed E-state index contributed by atoms with van der Waals surface area (Å²) in [5.41, 5.74) is 4.85. The van der Waals surface area contributed by atoms with Crippen molar-refractivity contribution in [1.29, 1.82) is 0 Å². The van der Waals surface area contributed by atoms with Crippen molar-refractivity contribution in [2.24, 2.45) is 5.73 Å². The van der Waals surface area contributed by atoms with E-state index in [1.807, 2.05) is 0 Å². The lowest BCUT2D eigenvalue weighted by molar-refractivity contribution is -0.137. The van der Waals surface area contributed by atoms with E-state index in [-0.39, 0.29) is 12.3 Å². The number of carbonyl (C=O) groups excluding carboxylic acids is 2. The van der Waals surface area contributed by atoms with E-state index in [4.69, 9.17) is 10.8 Å². The lowest BCUT2D eigenvalue weighted by Crippen LogP contribution is -2.46. The van der Waals surface area contributed by atoms with Crippen LogP contribution in [0.25, 0.3) is 0 Å². The van der Waals surface area contributed by atoms with E-state index >= 15 is 0 Å². The molecule has 0 radical (unpaired) electrons. The lowest BCUT2D eigenvalue weighted by atomic mass is 10.2. The van der Waals surface area contributed by atoms with Crippen molar-refractivity contribution < 1.29 is 19.5 Å². The van der Waals surface area contributed by atoms with Gasteiger partial charge in [0.2, 0.25) is 5.91 Å². The fourth-order valence-corrected chi connectivity index (χ4v) is 1.04. The van der Waals surface area contributed by atoms with Gasteiger partial charge in [-0.3, -0.25) is 9.59 Å². The van der Waals surface area contributed by atoms with Gasteiger partial charge in [-0.05, 0) is 19.8 Å². The SMILES string of the molecule is CC(NC(N)=O)C(=O)NCCCCC(=O)O. The normalized spacial score (nSPS) is 11.6. The topological polar surface area (TPSA) is 122 Å². The van der Waals surface area contributed by atoms with Crippen LogP contribution in [-0.4, -0.2) is 35.6 Å². The van der Waals surface area contributed by atoms with Crippen LogP contribution in [0.1, 0.15) is 26.2 Å². The zero-order chi connectivity index (χ0) is 12.6. The molecule has 0 rings (SSSR count). The molecule has 1 unspecified atom stereocenters. The van der Waals surface area contributed by atoms with Gasteiger partial charge < -0.3 is 21.5 Å². The molecule has 0 saturated heterocycles. The number of nitrogens with one attached hydrogen (secondary N) is 2. The van der Waals surface area contributed by atoms with Crippen molar-refractivity contribution in [2.75, 3.05) is 6.54 Å². The lowest BCUT2D eigenvalue weighted by Gasteiger charge is -2.11. The summed E-state index contributed by atoms with van der Waals surface area (Å²) < 4.78 is 0. The first-order chi connectivity index (χ1) is 7.43. The second-order valence-corrected chi connectivity index (χ2v) is 3.37. The minimum atomic E-state index is -0.852. The fourth-order valence-electron chi connectivity index (χ4n) is 1.04. The zero-order valence-electron chi connectivity index (χ0n) is 9.16. The largest absolute Gasteiger partial charge is 0.481 e. The molecular weight excluding hydrogens is 214 g/mol. The summed E-state index contributed by atoms with van der Waals surface area (Å²) in [6.45, 7) is 1.90. The van der Waals surface area contributed by atoms with Crippen LogP contribution >= 0.6 is 0 Å². The van der Waals surface area contributed by atoms with Crippen molar-refractivity contribution in [3.8, 4) is 0 Å². The number of carbonyl (C=O) groups is 3. The Morgan fingerprint density at radius 3 is 2.44 bits per heavy atom. The van der Waals surface area contributed by atoms with E-state index in [0.29, 0.717) is 19.4 Å². The number of nitrogens with two attached hydrogens (primary N) is 1. The highest BCUT2D eigenvalue weighted by Crippen LogP contribution is 1.93. The Balaban J connectivity index is 3.57. The predicted molar refractivity (Wildman–Crippen MR) is 56.7 cm³/mol. The highest BCUT2D eigenvalue weighted by molar-refractivity contribution is 5.86. The summed E-state index contributed by atoms with van der Waals surface area (Å²) in [5, 5.41) is 13.2. The number of hydrogen-bond acceptors (Lipinski definition) is 3. The van der Waals surface area contributed by atoms with Crippen LogP contribution in [0, 0.1) is 0 Å². The smallest absolute Gasteiger partial charge is 0.312 e. The van der Waals surface area contributed by atoms with Crippen LogP contribution in [0.15, 0.2) is 0 Å². The Morgan fingerprint density at radius 2 is 1.94 bits per heavy atom. The van der Waals surface area contributed by atoms with Gasteiger partial charge in [0.15, 0.2) is 0 Å². The van der Waals surface area contributed by atoms with Crippen LogP contribution in [0.3, 0.4) is 0 Å². The molecule has 0 fully saturated rings. The van der Waals surface area contributed by atoms with E-state index < -0.39 is 18.0 Å². The Bertz CT molecular complexity index is 267. The van der Waals surface area contributed by atoms with Gasteiger partial charge in [0.1, 0.15) is 6.04 Å². The number of carboxylic acids is 1. The Morgan fingerprint density at radius 1 is 1.31 bits per heavy atom. The van der Waals surface area contributed by atoms with Gasteiger partial charge in [0, 0.05) is 13.0 Å². The van der Waals surface area contributed by atoms with E-state index in [9.17, 15) is 14.4 Å². The Kier molecular flexibility index (Phi) is 6.66. The molecule has 92 valence electrons. The third kappa shape index (κ3) is 7.60. The molecule has 0 aliphatic carbocycles. The van der Waals surface area contributed by atoms with Gasteiger partial charge in [-0.1, -0.05) is 0 Å². The van der Waals surface area contributed by atoms with Crippen LogP contribution in [0.4, 0.5) is 4.79 Å². The van der Waals surface area contributed by atoms with Gasteiger partial charge in [0.25, 0.3) is 0 Å². The average Bonchev–Trinajstić information content (AvgIpc) is 2.15. The fraction of sp³-hybridized carbons (Fsp3) is 0.667. The number of primary amides is 1. The van der Waals surface area contributed by atoms with Gasteiger partial charge in [-0.15, -0.1) is 0 Å². The molecule has 1 atom stereocenters. The van der Waals surface area contributed by atoms with Crippen LogP contribution < -0.4 is 16.4 Å². The molecule has 0 aromatic carbocycles. The third-order valence-corrected chi connectivity index (χ3v) is 1.87. The molecule has 7 heteroatoms. The van der Waals surface area contributed by atoms with Gasteiger partial charge >= 0.3 is 12.0 Å². The highest BCUT2D eigenvalue weighted by atomic mass is 16.4. The number of amides is 3. The monoisotopic (exact) mass is 231 g/mol. The van der Waals surface area contributed by atoms with E-state index in [0.717, 1.165) is 0 Å². The molecule has 0 aromatic rings. The highest BCUT2D eigenvalue weighted by Gasteiger charge is 2.12. The molecular formula is C9H17N3O4. The number of urea groups is 1. The van der Waals surface area contributed by atoms with Crippen molar-refractivity contribution in [3.05, 3.63) is 0 Å². The van der Waals surface area contributed by atoms with Crippen molar-refractivity contribution in [1.82, 2.24) is 10.6 Å². The number of rotatable bonds is 7. The van der Waals surface area contributed by atoms with Crippen molar-refractivity contribution in [2.45, 2.75) is 32.2 Å². The summed E-state index contributed by atoms with van der Waals surface area (Å²) in [6.07, 6.45) is 1.18. The zero-order valence-corrected chi connectivity index (χ0v) is 9.16. The molecule has 7 nitrogen and oxygen atoms in total. The average molecular weight is 231 g/mol. The first kappa shape index (κ1) is 14.2. The van der Waals surface area contributed by atoms with E-state index in [1.165, 1.54) is 6.92 Å². The molecule has 5 N–H and O–H groups in total. The van der Waals surface area contributed by atoms with Crippen molar-refractivity contribution >= 4 is 17.9 Å². The van der Waals surface area contributed by atoms with E-state index in [1.54, 1.807) is 0 Å². The molecule has 0 heterocycles. The summed E-state index contributed by atoms with van der Waals surface area (Å²) >= 11 is 0. The molecule has 16 heavy (non-hydrogen) atoms. The predicted octanol–water partition coefficient (Wildman–Crippen LogP) is -0.586. The quantitative estimate of drug-likeness (QED) is 0.437. The second-order valence-electron chi connectivity index (χ2n) is 3.37. The summed E-state index contributed by atoms with van der Waals surface area (Å²) in [5.74, 6) is -1.19.